The summed E-state index contributed by atoms with van der Waals surface area (Å²) in [5.74, 6) is -3.03. The van der Waals surface area contributed by atoms with Crippen molar-refractivity contribution in [3.05, 3.63) is 47.8 Å². The highest BCUT2D eigenvalue weighted by molar-refractivity contribution is 5.90. The quantitative estimate of drug-likeness (QED) is 0.852. The lowest BCUT2D eigenvalue weighted by atomic mass is 9.77. The summed E-state index contributed by atoms with van der Waals surface area (Å²) in [5.41, 5.74) is -0.0123. The molecule has 1 aromatic carbocycles. The zero-order valence-corrected chi connectivity index (χ0v) is 11.6. The molecule has 22 heavy (non-hydrogen) atoms. The van der Waals surface area contributed by atoms with Crippen molar-refractivity contribution in [2.75, 3.05) is 6.54 Å². The molecule has 1 spiro atoms. The molecule has 5 nitrogen and oxygen atoms in total. The Bertz CT molecular complexity index is 686. The van der Waals surface area contributed by atoms with Crippen LogP contribution in [0, 0.1) is 17.7 Å². The van der Waals surface area contributed by atoms with Gasteiger partial charge in [-0.2, -0.15) is 0 Å². The van der Waals surface area contributed by atoms with Crippen molar-refractivity contribution in [1.29, 1.82) is 0 Å². The highest BCUT2D eigenvalue weighted by atomic mass is 19.1. The molecule has 4 atom stereocenters. The van der Waals surface area contributed by atoms with Crippen LogP contribution in [0.25, 0.3) is 0 Å². The Morgan fingerprint density at radius 1 is 1.41 bits per heavy atom. The summed E-state index contributed by atoms with van der Waals surface area (Å²) in [6.45, 7) is 0.663. The van der Waals surface area contributed by atoms with E-state index in [0.29, 0.717) is 13.1 Å². The number of carboxylic acid groups (broad SMARTS) is 1. The Labute approximate surface area is 126 Å². The average molecular weight is 303 g/mol. The predicted molar refractivity (Wildman–Crippen MR) is 73.2 cm³/mol. The molecule has 2 fully saturated rings. The summed E-state index contributed by atoms with van der Waals surface area (Å²) in [7, 11) is 0. The van der Waals surface area contributed by atoms with Gasteiger partial charge in [0.05, 0.1) is 18.6 Å². The van der Waals surface area contributed by atoms with E-state index in [-0.39, 0.29) is 11.7 Å². The Kier molecular flexibility index (Phi) is 2.69. The highest BCUT2D eigenvalue weighted by Gasteiger charge is 2.66. The zero-order chi connectivity index (χ0) is 15.5. The number of aliphatic carboxylic acids is 1. The number of carbonyl (C=O) groups excluding carboxylic acids is 1. The molecule has 1 aromatic rings. The van der Waals surface area contributed by atoms with Gasteiger partial charge in [0.25, 0.3) is 0 Å². The van der Waals surface area contributed by atoms with E-state index in [1.165, 1.54) is 12.1 Å². The van der Waals surface area contributed by atoms with Gasteiger partial charge in [-0.25, -0.2) is 4.39 Å². The van der Waals surface area contributed by atoms with Crippen LogP contribution in [-0.4, -0.2) is 40.1 Å². The molecule has 0 saturated carbocycles. The van der Waals surface area contributed by atoms with Crippen LogP contribution in [0.15, 0.2) is 36.4 Å². The molecule has 0 aromatic heterocycles. The van der Waals surface area contributed by atoms with Gasteiger partial charge in [0.1, 0.15) is 17.3 Å². The second-order valence-corrected chi connectivity index (χ2v) is 6.06. The fourth-order valence-electron chi connectivity index (χ4n) is 3.80. The van der Waals surface area contributed by atoms with Gasteiger partial charge < -0.3 is 14.7 Å². The van der Waals surface area contributed by atoms with Gasteiger partial charge in [-0.3, -0.25) is 9.59 Å². The summed E-state index contributed by atoms with van der Waals surface area (Å²) in [6.07, 6.45) is 3.05. The van der Waals surface area contributed by atoms with Crippen molar-refractivity contribution < 1.29 is 23.8 Å². The minimum Gasteiger partial charge on any atom is -0.481 e. The highest BCUT2D eigenvalue weighted by Crippen LogP contribution is 2.52. The minimum atomic E-state index is -1.00. The van der Waals surface area contributed by atoms with Crippen molar-refractivity contribution >= 4 is 11.9 Å². The van der Waals surface area contributed by atoms with Crippen LogP contribution in [-0.2, 0) is 20.9 Å². The van der Waals surface area contributed by atoms with E-state index in [1.54, 1.807) is 23.1 Å². The summed E-state index contributed by atoms with van der Waals surface area (Å²) >= 11 is 0. The van der Waals surface area contributed by atoms with Gasteiger partial charge in [0.2, 0.25) is 5.91 Å². The third kappa shape index (κ3) is 1.73. The topological polar surface area (TPSA) is 66.8 Å². The van der Waals surface area contributed by atoms with Crippen LogP contribution in [0.4, 0.5) is 4.39 Å². The molecular weight excluding hydrogens is 289 g/mol. The SMILES string of the molecule is O=C(O)[C@@H]1[C@H]2C=C[C@]3(CN(Cc4ccc(F)cc4)C(=O)[C@@H]13)O2. The number of carboxylic acids is 1. The van der Waals surface area contributed by atoms with Crippen LogP contribution >= 0.6 is 0 Å². The molecule has 1 N–H and O–H groups in total. The molecular formula is C16H14FNO4. The molecule has 1 amide bonds. The molecule has 2 bridgehead atoms. The zero-order valence-electron chi connectivity index (χ0n) is 11.6. The number of likely N-dealkylation sites (tertiary alicyclic amines) is 1. The van der Waals surface area contributed by atoms with Crippen molar-refractivity contribution in [3.63, 3.8) is 0 Å². The maximum Gasteiger partial charge on any atom is 0.310 e. The number of fused-ring (bicyclic) bond motifs is 1. The molecule has 0 aliphatic carbocycles. The first-order valence-corrected chi connectivity index (χ1v) is 7.13. The Balaban J connectivity index is 1.61. The van der Waals surface area contributed by atoms with E-state index >= 15 is 0 Å². The van der Waals surface area contributed by atoms with Crippen LogP contribution in [0.3, 0.4) is 0 Å². The second kappa shape index (κ2) is 4.39. The predicted octanol–water partition coefficient (Wildman–Crippen LogP) is 1.19. The van der Waals surface area contributed by atoms with E-state index in [0.717, 1.165) is 5.56 Å². The van der Waals surface area contributed by atoms with Crippen molar-refractivity contribution in [2.24, 2.45) is 11.8 Å². The molecule has 0 radical (unpaired) electrons. The summed E-state index contributed by atoms with van der Waals surface area (Å²) in [5, 5.41) is 9.38. The normalized spacial score (nSPS) is 35.2. The van der Waals surface area contributed by atoms with Crippen molar-refractivity contribution in [1.82, 2.24) is 4.90 Å². The number of benzene rings is 1. The Hall–Kier alpha value is -2.21. The molecule has 0 unspecified atom stereocenters. The molecule has 3 aliphatic rings. The molecule has 6 heteroatoms. The van der Waals surface area contributed by atoms with Crippen molar-refractivity contribution in [3.8, 4) is 0 Å². The lowest BCUT2D eigenvalue weighted by Gasteiger charge is -2.21. The molecule has 114 valence electrons. The van der Waals surface area contributed by atoms with Gasteiger partial charge >= 0.3 is 5.97 Å². The number of rotatable bonds is 3. The van der Waals surface area contributed by atoms with Crippen LogP contribution in [0.1, 0.15) is 5.56 Å². The van der Waals surface area contributed by atoms with E-state index in [9.17, 15) is 19.1 Å². The van der Waals surface area contributed by atoms with Crippen LogP contribution < -0.4 is 0 Å². The fraction of sp³-hybridized carbons (Fsp3) is 0.375. The first-order valence-electron chi connectivity index (χ1n) is 7.13. The maximum absolute atomic E-state index is 13.0. The van der Waals surface area contributed by atoms with E-state index < -0.39 is 29.5 Å². The number of halogens is 1. The lowest BCUT2D eigenvalue weighted by molar-refractivity contribution is -0.148. The molecule has 2 saturated heterocycles. The number of nitrogens with zero attached hydrogens (tertiary/aromatic N) is 1. The smallest absolute Gasteiger partial charge is 0.310 e. The van der Waals surface area contributed by atoms with E-state index in [4.69, 9.17) is 4.74 Å². The van der Waals surface area contributed by atoms with Gasteiger partial charge in [-0.1, -0.05) is 24.3 Å². The summed E-state index contributed by atoms with van der Waals surface area (Å²) in [6, 6.07) is 5.93. The monoisotopic (exact) mass is 303 g/mol. The summed E-state index contributed by atoms with van der Waals surface area (Å²) in [4.78, 5) is 25.7. The lowest BCUT2D eigenvalue weighted by Crippen LogP contribution is -2.39. The first-order chi connectivity index (χ1) is 10.5. The summed E-state index contributed by atoms with van der Waals surface area (Å²) < 4.78 is 18.8. The van der Waals surface area contributed by atoms with Crippen LogP contribution in [0.5, 0.6) is 0 Å². The van der Waals surface area contributed by atoms with Crippen LogP contribution in [0.2, 0.25) is 0 Å². The number of ether oxygens (including phenoxy) is 1. The van der Waals surface area contributed by atoms with Gasteiger partial charge in [0, 0.05) is 6.54 Å². The molecule has 4 rings (SSSR count). The molecule has 3 heterocycles. The number of carbonyl (C=O) groups is 2. The largest absolute Gasteiger partial charge is 0.481 e. The maximum atomic E-state index is 13.0. The standard InChI is InChI=1S/C16H14FNO4/c17-10-3-1-9(2-4-10)7-18-8-16-6-5-11(22-16)12(15(20)21)13(16)14(18)19/h1-6,11-13H,7-8H2,(H,20,21)/t11-,12-,13-,16-/m1/s1. The Morgan fingerprint density at radius 3 is 2.82 bits per heavy atom. The number of hydrogen-bond donors (Lipinski definition) is 1. The third-order valence-electron chi connectivity index (χ3n) is 4.75. The van der Waals surface area contributed by atoms with E-state index in [2.05, 4.69) is 0 Å². The average Bonchev–Trinajstić information content (AvgIpc) is 3.10. The first kappa shape index (κ1) is 13.5. The Morgan fingerprint density at radius 2 is 2.14 bits per heavy atom. The number of hydrogen-bond acceptors (Lipinski definition) is 3. The fourth-order valence-corrected chi connectivity index (χ4v) is 3.80. The van der Waals surface area contributed by atoms with Gasteiger partial charge in [-0.15, -0.1) is 0 Å². The third-order valence-corrected chi connectivity index (χ3v) is 4.75. The van der Waals surface area contributed by atoms with Gasteiger partial charge in [0.15, 0.2) is 0 Å². The van der Waals surface area contributed by atoms with Gasteiger partial charge in [-0.05, 0) is 17.7 Å². The van der Waals surface area contributed by atoms with Crippen molar-refractivity contribution in [2.45, 2.75) is 18.2 Å². The molecule has 3 aliphatic heterocycles. The van der Waals surface area contributed by atoms with E-state index in [1.807, 2.05) is 6.08 Å². The number of amides is 1. The second-order valence-electron chi connectivity index (χ2n) is 6.06. The minimum absolute atomic E-state index is 0.205.